The molecule has 0 aliphatic heterocycles. The summed E-state index contributed by atoms with van der Waals surface area (Å²) >= 11 is 0. The van der Waals surface area contributed by atoms with Crippen LogP contribution in [0.2, 0.25) is 0 Å². The third kappa shape index (κ3) is 1.96. The molecule has 0 radical (unpaired) electrons. The number of methoxy groups -OCH3 is 1. The number of hydrogen-bond acceptors (Lipinski definition) is 4. The van der Waals surface area contributed by atoms with Crippen LogP contribution in [0.1, 0.15) is 12.8 Å². The van der Waals surface area contributed by atoms with Crippen LogP contribution in [0.5, 0.6) is 5.88 Å². The van der Waals surface area contributed by atoms with Crippen molar-refractivity contribution in [3.05, 3.63) is 18.2 Å². The second-order valence-electron chi connectivity index (χ2n) is 3.64. The molecule has 1 aliphatic rings. The molecule has 1 heterocycles. The Morgan fingerprint density at radius 3 is 2.93 bits per heavy atom. The highest BCUT2D eigenvalue weighted by molar-refractivity contribution is 5.38. The number of aromatic nitrogens is 1. The van der Waals surface area contributed by atoms with Crippen LogP contribution in [0.3, 0.4) is 0 Å². The summed E-state index contributed by atoms with van der Waals surface area (Å²) in [5.74, 6) is 1.50. The zero-order valence-electron chi connectivity index (χ0n) is 8.23. The van der Waals surface area contributed by atoms with Crippen molar-refractivity contribution < 1.29 is 4.74 Å². The molecule has 0 bridgehead atoms. The quantitative estimate of drug-likeness (QED) is 0.751. The standard InChI is InChI=1S/C10H15N3O/c1-14-10-4-2-3-9(13-10)12-8-5-7(11)6-8/h2-4,7-8H,5-6,11H2,1H3,(H,12,13). The summed E-state index contributed by atoms with van der Waals surface area (Å²) in [6.45, 7) is 0. The SMILES string of the molecule is COc1cccc(NC2CC(N)C2)n1. The summed E-state index contributed by atoms with van der Waals surface area (Å²) < 4.78 is 5.03. The van der Waals surface area contributed by atoms with E-state index in [0.29, 0.717) is 18.0 Å². The largest absolute Gasteiger partial charge is 0.481 e. The van der Waals surface area contributed by atoms with Gasteiger partial charge in [-0.15, -0.1) is 0 Å². The van der Waals surface area contributed by atoms with E-state index in [9.17, 15) is 0 Å². The maximum Gasteiger partial charge on any atom is 0.214 e. The molecule has 0 spiro atoms. The Bertz CT molecular complexity index is 310. The Labute approximate surface area is 83.5 Å². The lowest BCUT2D eigenvalue weighted by Gasteiger charge is -2.33. The summed E-state index contributed by atoms with van der Waals surface area (Å²) in [5, 5.41) is 3.31. The first-order chi connectivity index (χ1) is 6.78. The summed E-state index contributed by atoms with van der Waals surface area (Å²) in [6.07, 6.45) is 2.05. The van der Waals surface area contributed by atoms with E-state index in [1.165, 1.54) is 0 Å². The molecular weight excluding hydrogens is 178 g/mol. The van der Waals surface area contributed by atoms with Gasteiger partial charge in [0.25, 0.3) is 0 Å². The lowest BCUT2D eigenvalue weighted by Crippen LogP contribution is -2.44. The van der Waals surface area contributed by atoms with Crippen LogP contribution in [-0.2, 0) is 0 Å². The van der Waals surface area contributed by atoms with Crippen molar-refractivity contribution in [2.45, 2.75) is 24.9 Å². The lowest BCUT2D eigenvalue weighted by molar-refractivity contribution is 0.371. The molecule has 1 fully saturated rings. The Balaban J connectivity index is 1.95. The van der Waals surface area contributed by atoms with Crippen LogP contribution in [0.15, 0.2) is 18.2 Å². The van der Waals surface area contributed by atoms with Gasteiger partial charge in [0.15, 0.2) is 0 Å². The Morgan fingerprint density at radius 1 is 1.50 bits per heavy atom. The summed E-state index contributed by atoms with van der Waals surface area (Å²) in [4.78, 5) is 4.26. The first-order valence-corrected chi connectivity index (χ1v) is 4.81. The molecule has 2 rings (SSSR count). The second-order valence-corrected chi connectivity index (χ2v) is 3.64. The molecule has 0 saturated heterocycles. The number of pyridine rings is 1. The summed E-state index contributed by atoms with van der Waals surface area (Å²) in [7, 11) is 1.62. The molecule has 1 aliphatic carbocycles. The Kier molecular flexibility index (Phi) is 2.54. The van der Waals surface area contributed by atoms with Gasteiger partial charge < -0.3 is 15.8 Å². The fourth-order valence-electron chi connectivity index (χ4n) is 1.60. The minimum absolute atomic E-state index is 0.359. The average molecular weight is 193 g/mol. The molecule has 14 heavy (non-hydrogen) atoms. The number of nitrogens with two attached hydrogens (primary N) is 1. The van der Waals surface area contributed by atoms with Crippen molar-refractivity contribution in [2.75, 3.05) is 12.4 Å². The van der Waals surface area contributed by atoms with Gasteiger partial charge in [0, 0.05) is 18.2 Å². The maximum atomic E-state index is 5.69. The molecule has 0 aromatic carbocycles. The predicted octanol–water partition coefficient (Wildman–Crippen LogP) is 0.992. The zero-order chi connectivity index (χ0) is 9.97. The number of rotatable bonds is 3. The molecule has 4 nitrogen and oxygen atoms in total. The third-order valence-electron chi connectivity index (χ3n) is 2.46. The van der Waals surface area contributed by atoms with Gasteiger partial charge in [0.05, 0.1) is 7.11 Å². The molecule has 3 N–H and O–H groups in total. The van der Waals surface area contributed by atoms with Crippen LogP contribution < -0.4 is 15.8 Å². The van der Waals surface area contributed by atoms with Gasteiger partial charge in [0.2, 0.25) is 5.88 Å². The zero-order valence-corrected chi connectivity index (χ0v) is 8.23. The molecule has 1 aromatic rings. The van der Waals surface area contributed by atoms with E-state index < -0.39 is 0 Å². The lowest BCUT2D eigenvalue weighted by atomic mass is 9.88. The van der Waals surface area contributed by atoms with Gasteiger partial charge in [-0.05, 0) is 18.9 Å². The van der Waals surface area contributed by atoms with Crippen molar-refractivity contribution >= 4 is 5.82 Å². The maximum absolute atomic E-state index is 5.69. The number of anilines is 1. The van der Waals surface area contributed by atoms with Crippen LogP contribution in [0, 0.1) is 0 Å². The summed E-state index contributed by atoms with van der Waals surface area (Å²) in [5.41, 5.74) is 5.69. The molecule has 1 aromatic heterocycles. The first-order valence-electron chi connectivity index (χ1n) is 4.81. The fourth-order valence-corrected chi connectivity index (χ4v) is 1.60. The summed E-state index contributed by atoms with van der Waals surface area (Å²) in [6, 6.07) is 6.53. The van der Waals surface area contributed by atoms with E-state index in [1.54, 1.807) is 7.11 Å². The minimum Gasteiger partial charge on any atom is -0.481 e. The van der Waals surface area contributed by atoms with Crippen LogP contribution in [-0.4, -0.2) is 24.2 Å². The number of hydrogen-bond donors (Lipinski definition) is 2. The third-order valence-corrected chi connectivity index (χ3v) is 2.46. The van der Waals surface area contributed by atoms with Crippen LogP contribution >= 0.6 is 0 Å². The number of ether oxygens (including phenoxy) is 1. The van der Waals surface area contributed by atoms with E-state index in [-0.39, 0.29) is 0 Å². The van der Waals surface area contributed by atoms with Gasteiger partial charge in [-0.25, -0.2) is 0 Å². The van der Waals surface area contributed by atoms with Crippen molar-refractivity contribution in [3.63, 3.8) is 0 Å². The van der Waals surface area contributed by atoms with E-state index in [0.717, 1.165) is 18.7 Å². The highest BCUT2D eigenvalue weighted by Crippen LogP contribution is 2.22. The highest BCUT2D eigenvalue weighted by atomic mass is 16.5. The van der Waals surface area contributed by atoms with Crippen molar-refractivity contribution in [2.24, 2.45) is 5.73 Å². The molecule has 1 saturated carbocycles. The monoisotopic (exact) mass is 193 g/mol. The smallest absolute Gasteiger partial charge is 0.214 e. The Morgan fingerprint density at radius 2 is 2.29 bits per heavy atom. The average Bonchev–Trinajstić information content (AvgIpc) is 2.16. The van der Waals surface area contributed by atoms with Crippen molar-refractivity contribution in [3.8, 4) is 5.88 Å². The number of nitrogens with one attached hydrogen (secondary N) is 1. The van der Waals surface area contributed by atoms with Gasteiger partial charge >= 0.3 is 0 Å². The van der Waals surface area contributed by atoms with Gasteiger partial charge in [0.1, 0.15) is 5.82 Å². The van der Waals surface area contributed by atoms with E-state index in [4.69, 9.17) is 10.5 Å². The van der Waals surface area contributed by atoms with Crippen molar-refractivity contribution in [1.29, 1.82) is 0 Å². The molecule has 76 valence electrons. The van der Waals surface area contributed by atoms with Gasteiger partial charge in [-0.3, -0.25) is 0 Å². The van der Waals surface area contributed by atoms with Crippen molar-refractivity contribution in [1.82, 2.24) is 4.98 Å². The molecule has 0 atom stereocenters. The predicted molar refractivity (Wildman–Crippen MR) is 55.4 cm³/mol. The van der Waals surface area contributed by atoms with E-state index in [1.807, 2.05) is 18.2 Å². The molecule has 4 heteroatoms. The fraction of sp³-hybridized carbons (Fsp3) is 0.500. The van der Waals surface area contributed by atoms with Crippen LogP contribution in [0.25, 0.3) is 0 Å². The van der Waals surface area contributed by atoms with Gasteiger partial charge in [-0.2, -0.15) is 4.98 Å². The van der Waals surface area contributed by atoms with E-state index in [2.05, 4.69) is 10.3 Å². The molecular formula is C10H15N3O. The molecule has 0 amide bonds. The highest BCUT2D eigenvalue weighted by Gasteiger charge is 2.25. The first kappa shape index (κ1) is 9.27. The number of nitrogens with zero attached hydrogens (tertiary/aromatic N) is 1. The topological polar surface area (TPSA) is 60.2 Å². The Hall–Kier alpha value is -1.29. The normalized spacial score (nSPS) is 25.3. The van der Waals surface area contributed by atoms with Gasteiger partial charge in [-0.1, -0.05) is 6.07 Å². The van der Waals surface area contributed by atoms with E-state index >= 15 is 0 Å². The second kappa shape index (κ2) is 3.84. The minimum atomic E-state index is 0.359. The molecule has 0 unspecified atom stereocenters. The van der Waals surface area contributed by atoms with Crippen LogP contribution in [0.4, 0.5) is 5.82 Å².